The van der Waals surface area contributed by atoms with Crippen LogP contribution in [0.25, 0.3) is 0 Å². The minimum Gasteiger partial charge on any atom is -0.550 e. The summed E-state index contributed by atoms with van der Waals surface area (Å²) in [6, 6.07) is -1.35. The number of nitrogens with two attached hydrogens (primary N) is 1. The predicted molar refractivity (Wildman–Crippen MR) is 108 cm³/mol. The van der Waals surface area contributed by atoms with Gasteiger partial charge in [-0.2, -0.15) is 0 Å². The molecule has 7 heteroatoms. The Labute approximate surface area is 219 Å². The molecule has 1 atom stereocenters. The van der Waals surface area contributed by atoms with Crippen molar-refractivity contribution in [3.8, 4) is 0 Å². The zero-order valence-electron chi connectivity index (χ0n) is 18.7. The third-order valence-corrected chi connectivity index (χ3v) is 4.89. The van der Waals surface area contributed by atoms with Gasteiger partial charge in [0.1, 0.15) is 6.04 Å². The number of aliphatic carboxylic acids is 1. The van der Waals surface area contributed by atoms with E-state index >= 15 is 0 Å². The van der Waals surface area contributed by atoms with Crippen molar-refractivity contribution in [3.05, 3.63) is 0 Å². The summed E-state index contributed by atoms with van der Waals surface area (Å²) in [7, 11) is 0. The number of unbranched alkanes of at least 4 members (excludes halogenated alkanes) is 14. The molecule has 0 aromatic rings. The Hall–Kier alpha value is 0.206. The van der Waals surface area contributed by atoms with Gasteiger partial charge >= 0.3 is 63.3 Å². The van der Waals surface area contributed by atoms with Crippen molar-refractivity contribution in [2.45, 2.75) is 122 Å². The van der Waals surface area contributed by atoms with E-state index in [1.165, 1.54) is 77.0 Å². The number of hydrogen-bond donors (Lipinski definition) is 1. The number of esters is 2. The van der Waals surface area contributed by atoms with Crippen LogP contribution in [0.2, 0.25) is 0 Å². The van der Waals surface area contributed by atoms with Crippen LogP contribution in [-0.4, -0.2) is 23.9 Å². The van der Waals surface area contributed by atoms with Crippen molar-refractivity contribution in [1.82, 2.24) is 0 Å². The molecular weight excluding hydrogens is 397 g/mol. The van der Waals surface area contributed by atoms with Crippen LogP contribution >= 0.6 is 0 Å². The van der Waals surface area contributed by atoms with E-state index < -0.39 is 30.4 Å². The van der Waals surface area contributed by atoms with Gasteiger partial charge in [-0.3, -0.25) is 4.79 Å². The molecule has 0 aliphatic carbocycles. The summed E-state index contributed by atoms with van der Waals surface area (Å²) in [5.41, 5.74) is 5.30. The summed E-state index contributed by atoms with van der Waals surface area (Å²) in [5, 5.41) is 10.3. The molecule has 0 heterocycles. The molecule has 0 radical (unpaired) electrons. The van der Waals surface area contributed by atoms with Crippen LogP contribution in [-0.2, 0) is 19.1 Å². The molecule has 0 aromatic heterocycles. The normalized spacial score (nSPS) is 11.5. The van der Waals surface area contributed by atoms with Crippen molar-refractivity contribution in [3.63, 3.8) is 0 Å². The smallest absolute Gasteiger partial charge is 0.550 e. The van der Waals surface area contributed by atoms with Gasteiger partial charge in [0.15, 0.2) is 0 Å². The molecule has 0 saturated carbocycles. The van der Waals surface area contributed by atoms with E-state index in [4.69, 9.17) is 5.73 Å². The van der Waals surface area contributed by atoms with Gasteiger partial charge in [-0.1, -0.05) is 96.8 Å². The summed E-state index contributed by atoms with van der Waals surface area (Å²) in [5.74, 6) is -3.09. The molecule has 2 N–H and O–H groups in total. The van der Waals surface area contributed by atoms with Crippen LogP contribution in [0, 0.1) is 0 Å². The number of carbonyl (C=O) groups excluding carboxylic acids is 3. The molecule has 0 spiro atoms. The minimum absolute atomic E-state index is 0. The summed E-state index contributed by atoms with van der Waals surface area (Å²) in [4.78, 5) is 33.3. The van der Waals surface area contributed by atoms with E-state index in [-0.39, 0.29) is 57.8 Å². The van der Waals surface area contributed by atoms with Crippen LogP contribution in [0.15, 0.2) is 0 Å². The van der Waals surface area contributed by atoms with E-state index in [0.717, 1.165) is 12.8 Å². The van der Waals surface area contributed by atoms with Crippen LogP contribution in [0.3, 0.4) is 0 Å². The molecule has 164 valence electrons. The summed E-state index contributed by atoms with van der Waals surface area (Å²) in [6.07, 6.45) is 18.1. The van der Waals surface area contributed by atoms with Crippen molar-refractivity contribution in [2.24, 2.45) is 5.73 Å². The number of carbonyl (C=O) groups is 3. The third-order valence-electron chi connectivity index (χ3n) is 4.89. The molecule has 6 nitrogen and oxygen atoms in total. The molecule has 0 rings (SSSR count). The fourth-order valence-corrected chi connectivity index (χ4v) is 3.14. The first-order chi connectivity index (χ1) is 13.5. The zero-order valence-corrected chi connectivity index (χ0v) is 21.8. The van der Waals surface area contributed by atoms with Gasteiger partial charge in [0.2, 0.25) is 0 Å². The SMILES string of the molecule is CCCCCCCCCCCCCCCCCC(=O)OC(=O)C(N)CC(=O)[O-].[K+]. The average molecular weight is 438 g/mol. The van der Waals surface area contributed by atoms with Gasteiger partial charge in [0, 0.05) is 18.8 Å². The van der Waals surface area contributed by atoms with Crippen molar-refractivity contribution < 1.29 is 75.6 Å². The number of ether oxygens (including phenoxy) is 1. The minimum atomic E-state index is -1.45. The summed E-state index contributed by atoms with van der Waals surface area (Å²) < 4.78 is 4.54. The van der Waals surface area contributed by atoms with Gasteiger partial charge in [0.25, 0.3) is 0 Å². The molecule has 0 saturated heterocycles. The number of rotatable bonds is 19. The fraction of sp³-hybridized carbons (Fsp3) is 0.864. The number of carboxylic acid groups (broad SMARTS) is 1. The van der Waals surface area contributed by atoms with E-state index in [9.17, 15) is 19.5 Å². The third kappa shape index (κ3) is 22.7. The van der Waals surface area contributed by atoms with Crippen LogP contribution < -0.4 is 62.2 Å². The Morgan fingerprint density at radius 3 is 1.52 bits per heavy atom. The maximum Gasteiger partial charge on any atom is 1.00 e. The van der Waals surface area contributed by atoms with Crippen molar-refractivity contribution in [2.75, 3.05) is 0 Å². The number of hydrogen-bond acceptors (Lipinski definition) is 6. The maximum absolute atomic E-state index is 11.5. The van der Waals surface area contributed by atoms with Crippen LogP contribution in [0.5, 0.6) is 0 Å². The van der Waals surface area contributed by atoms with Crippen LogP contribution in [0.1, 0.15) is 116 Å². The Bertz CT molecular complexity index is 431. The molecule has 1 unspecified atom stereocenters. The molecule has 0 aromatic carbocycles. The van der Waals surface area contributed by atoms with Gasteiger partial charge < -0.3 is 20.4 Å². The second-order valence-electron chi connectivity index (χ2n) is 7.68. The molecule has 0 amide bonds. The second kappa shape index (κ2) is 22.9. The molecule has 29 heavy (non-hydrogen) atoms. The van der Waals surface area contributed by atoms with Gasteiger partial charge in [-0.25, -0.2) is 4.79 Å². The van der Waals surface area contributed by atoms with Gasteiger partial charge in [-0.15, -0.1) is 0 Å². The maximum atomic E-state index is 11.5. The van der Waals surface area contributed by atoms with E-state index in [0.29, 0.717) is 6.42 Å². The molecule has 0 fully saturated rings. The Kier molecular flexibility index (Phi) is 24.8. The molecule has 0 bridgehead atoms. The molecular formula is C22H40KNO5. The van der Waals surface area contributed by atoms with Crippen molar-refractivity contribution >= 4 is 17.9 Å². The molecule has 0 aliphatic heterocycles. The first-order valence-corrected chi connectivity index (χ1v) is 11.2. The van der Waals surface area contributed by atoms with Gasteiger partial charge in [-0.05, 0) is 6.42 Å². The van der Waals surface area contributed by atoms with Gasteiger partial charge in [0.05, 0.1) is 0 Å². The van der Waals surface area contributed by atoms with E-state index in [1.54, 1.807) is 0 Å². The second-order valence-corrected chi connectivity index (χ2v) is 7.68. The predicted octanol–water partition coefficient (Wildman–Crippen LogP) is 0.789. The number of carboxylic acids is 1. The average Bonchev–Trinajstić information content (AvgIpc) is 2.64. The Balaban J connectivity index is 0. The van der Waals surface area contributed by atoms with Crippen LogP contribution in [0.4, 0.5) is 0 Å². The first kappa shape index (κ1) is 31.4. The monoisotopic (exact) mass is 437 g/mol. The zero-order chi connectivity index (χ0) is 21.0. The van der Waals surface area contributed by atoms with Crippen molar-refractivity contribution in [1.29, 1.82) is 0 Å². The first-order valence-electron chi connectivity index (χ1n) is 11.2. The topological polar surface area (TPSA) is 110 Å². The van der Waals surface area contributed by atoms with E-state index in [2.05, 4.69) is 11.7 Å². The summed E-state index contributed by atoms with van der Waals surface area (Å²) in [6.45, 7) is 2.25. The Morgan fingerprint density at radius 2 is 1.14 bits per heavy atom. The standard InChI is InChI=1S/C22H41NO5.K/c1-2-3-4-5-6-7-8-9-10-11-12-13-14-15-16-17-21(26)28-22(27)19(23)18-20(24)25;/h19H,2-18,23H2,1H3,(H,24,25);/q;+1/p-1. The molecule has 0 aliphatic rings. The Morgan fingerprint density at radius 1 is 0.759 bits per heavy atom. The quantitative estimate of drug-likeness (QED) is 0.138. The fourth-order valence-electron chi connectivity index (χ4n) is 3.14. The van der Waals surface area contributed by atoms with E-state index in [1.807, 2.05) is 0 Å². The summed E-state index contributed by atoms with van der Waals surface area (Å²) >= 11 is 0. The largest absolute Gasteiger partial charge is 1.00 e.